The summed E-state index contributed by atoms with van der Waals surface area (Å²) in [5, 5.41) is 2.94. The maximum atomic E-state index is 11.3. The zero-order valence-electron chi connectivity index (χ0n) is 9.76. The average Bonchev–Trinajstić information content (AvgIpc) is 2.31. The molecule has 3 heteroatoms. The highest BCUT2D eigenvalue weighted by atomic mass is 16.5. The standard InChI is InChI=1S/C13H15NO2/c1-10-6-7-12(13(15)16-3)9-11(10)5-4-8-14-2/h6-7,9,14H,8H2,1-3H3. The van der Waals surface area contributed by atoms with Crippen molar-refractivity contribution < 1.29 is 9.53 Å². The first-order valence-electron chi connectivity index (χ1n) is 5.01. The quantitative estimate of drug-likeness (QED) is 0.600. The molecule has 0 aliphatic carbocycles. The van der Waals surface area contributed by atoms with Gasteiger partial charge in [0, 0.05) is 5.56 Å². The van der Waals surface area contributed by atoms with E-state index in [0.29, 0.717) is 12.1 Å². The maximum Gasteiger partial charge on any atom is 0.337 e. The van der Waals surface area contributed by atoms with Crippen LogP contribution in [0.15, 0.2) is 18.2 Å². The van der Waals surface area contributed by atoms with Crippen molar-refractivity contribution in [3.63, 3.8) is 0 Å². The third-order valence-electron chi connectivity index (χ3n) is 2.15. The SMILES string of the molecule is CNCC#Cc1cc(C(=O)OC)ccc1C. The van der Waals surface area contributed by atoms with Crippen LogP contribution in [-0.4, -0.2) is 26.7 Å². The molecular weight excluding hydrogens is 202 g/mol. The van der Waals surface area contributed by atoms with E-state index in [9.17, 15) is 4.79 Å². The summed E-state index contributed by atoms with van der Waals surface area (Å²) in [5.41, 5.74) is 2.44. The third kappa shape index (κ3) is 3.11. The number of ether oxygens (including phenoxy) is 1. The van der Waals surface area contributed by atoms with Crippen molar-refractivity contribution in [1.29, 1.82) is 0 Å². The van der Waals surface area contributed by atoms with Gasteiger partial charge in [-0.05, 0) is 31.7 Å². The molecule has 16 heavy (non-hydrogen) atoms. The molecule has 84 valence electrons. The Morgan fingerprint density at radius 2 is 2.25 bits per heavy atom. The van der Waals surface area contributed by atoms with Gasteiger partial charge in [-0.1, -0.05) is 17.9 Å². The van der Waals surface area contributed by atoms with Crippen LogP contribution in [0.2, 0.25) is 0 Å². The van der Waals surface area contributed by atoms with Gasteiger partial charge in [-0.3, -0.25) is 0 Å². The highest BCUT2D eigenvalue weighted by Crippen LogP contribution is 2.10. The lowest BCUT2D eigenvalue weighted by atomic mass is 10.1. The van der Waals surface area contributed by atoms with Gasteiger partial charge in [0.2, 0.25) is 0 Å². The van der Waals surface area contributed by atoms with Crippen molar-refractivity contribution >= 4 is 5.97 Å². The van der Waals surface area contributed by atoms with E-state index in [1.807, 2.05) is 20.0 Å². The molecule has 0 aliphatic rings. The predicted octanol–water partition coefficient (Wildman–Crippen LogP) is 1.35. The predicted molar refractivity (Wildman–Crippen MR) is 63.3 cm³/mol. The number of nitrogens with one attached hydrogen (secondary N) is 1. The van der Waals surface area contributed by atoms with E-state index in [-0.39, 0.29) is 5.97 Å². The number of methoxy groups -OCH3 is 1. The van der Waals surface area contributed by atoms with Crippen molar-refractivity contribution in [1.82, 2.24) is 5.32 Å². The molecule has 0 radical (unpaired) electrons. The van der Waals surface area contributed by atoms with Crippen LogP contribution < -0.4 is 5.32 Å². The summed E-state index contributed by atoms with van der Waals surface area (Å²) in [7, 11) is 3.21. The van der Waals surface area contributed by atoms with E-state index in [0.717, 1.165) is 11.1 Å². The number of aryl methyl sites for hydroxylation is 1. The van der Waals surface area contributed by atoms with Gasteiger partial charge in [0.05, 0.1) is 19.2 Å². The lowest BCUT2D eigenvalue weighted by Gasteiger charge is -2.02. The molecule has 0 spiro atoms. The van der Waals surface area contributed by atoms with Crippen LogP contribution in [0.25, 0.3) is 0 Å². The van der Waals surface area contributed by atoms with Crippen molar-refractivity contribution in [3.8, 4) is 11.8 Å². The summed E-state index contributed by atoms with van der Waals surface area (Å²) in [6.45, 7) is 2.59. The van der Waals surface area contributed by atoms with Gasteiger partial charge in [0.25, 0.3) is 0 Å². The normalized spacial score (nSPS) is 9.19. The van der Waals surface area contributed by atoms with Gasteiger partial charge in [0.1, 0.15) is 0 Å². The fourth-order valence-electron chi connectivity index (χ4n) is 1.23. The highest BCUT2D eigenvalue weighted by molar-refractivity contribution is 5.89. The van der Waals surface area contributed by atoms with E-state index in [1.165, 1.54) is 7.11 Å². The first kappa shape index (κ1) is 12.3. The summed E-state index contributed by atoms with van der Waals surface area (Å²) in [6.07, 6.45) is 0. The zero-order valence-corrected chi connectivity index (χ0v) is 9.76. The Morgan fingerprint density at radius 3 is 2.88 bits per heavy atom. The molecule has 0 bridgehead atoms. The summed E-state index contributed by atoms with van der Waals surface area (Å²) in [6, 6.07) is 5.36. The van der Waals surface area contributed by atoms with Gasteiger partial charge in [-0.15, -0.1) is 0 Å². The van der Waals surface area contributed by atoms with E-state index >= 15 is 0 Å². The number of rotatable bonds is 2. The molecule has 0 amide bonds. The van der Waals surface area contributed by atoms with Crippen LogP contribution in [0.3, 0.4) is 0 Å². The van der Waals surface area contributed by atoms with Crippen molar-refractivity contribution in [2.75, 3.05) is 20.7 Å². The molecule has 0 saturated carbocycles. The van der Waals surface area contributed by atoms with Crippen molar-refractivity contribution in [2.45, 2.75) is 6.92 Å². The first-order chi connectivity index (χ1) is 7.69. The molecule has 1 aromatic rings. The topological polar surface area (TPSA) is 38.3 Å². The maximum absolute atomic E-state index is 11.3. The highest BCUT2D eigenvalue weighted by Gasteiger charge is 2.06. The molecule has 0 saturated heterocycles. The Hall–Kier alpha value is -1.79. The molecule has 0 atom stereocenters. The molecule has 1 rings (SSSR count). The fraction of sp³-hybridized carbons (Fsp3) is 0.308. The summed E-state index contributed by atoms with van der Waals surface area (Å²) in [4.78, 5) is 11.3. The second-order valence-corrected chi connectivity index (χ2v) is 3.35. The largest absolute Gasteiger partial charge is 0.465 e. The monoisotopic (exact) mass is 217 g/mol. The number of carbonyl (C=O) groups is 1. The van der Waals surface area contributed by atoms with Crippen LogP contribution in [0.1, 0.15) is 21.5 Å². The second-order valence-electron chi connectivity index (χ2n) is 3.35. The molecule has 0 aliphatic heterocycles. The third-order valence-corrected chi connectivity index (χ3v) is 2.15. The van der Waals surface area contributed by atoms with Crippen LogP contribution in [-0.2, 0) is 4.74 Å². The number of benzene rings is 1. The van der Waals surface area contributed by atoms with E-state index in [1.54, 1.807) is 12.1 Å². The molecule has 0 aromatic heterocycles. The van der Waals surface area contributed by atoms with Crippen LogP contribution in [0, 0.1) is 18.8 Å². The number of hydrogen-bond donors (Lipinski definition) is 1. The first-order valence-corrected chi connectivity index (χ1v) is 5.01. The van der Waals surface area contributed by atoms with Crippen molar-refractivity contribution in [2.24, 2.45) is 0 Å². The number of esters is 1. The second kappa shape index (κ2) is 5.94. The Labute approximate surface area is 95.8 Å². The Bertz CT molecular complexity index is 441. The van der Waals surface area contributed by atoms with Gasteiger partial charge >= 0.3 is 5.97 Å². The van der Waals surface area contributed by atoms with Crippen molar-refractivity contribution in [3.05, 3.63) is 34.9 Å². The van der Waals surface area contributed by atoms with Gasteiger partial charge in [0.15, 0.2) is 0 Å². The average molecular weight is 217 g/mol. The van der Waals surface area contributed by atoms with E-state index in [4.69, 9.17) is 0 Å². The molecule has 0 unspecified atom stereocenters. The molecule has 0 heterocycles. The minimum atomic E-state index is -0.336. The Morgan fingerprint density at radius 1 is 1.50 bits per heavy atom. The molecular formula is C13H15NO2. The van der Waals surface area contributed by atoms with Gasteiger partial charge in [-0.25, -0.2) is 4.79 Å². The number of hydrogen-bond acceptors (Lipinski definition) is 3. The molecule has 3 nitrogen and oxygen atoms in total. The minimum Gasteiger partial charge on any atom is -0.465 e. The van der Waals surface area contributed by atoms with Crippen LogP contribution in [0.4, 0.5) is 0 Å². The van der Waals surface area contributed by atoms with E-state index in [2.05, 4.69) is 21.9 Å². The lowest BCUT2D eigenvalue weighted by Crippen LogP contribution is -2.05. The Balaban J connectivity index is 3.01. The van der Waals surface area contributed by atoms with Crippen LogP contribution in [0.5, 0.6) is 0 Å². The summed E-state index contributed by atoms with van der Waals surface area (Å²) in [5.74, 6) is 5.64. The summed E-state index contributed by atoms with van der Waals surface area (Å²) >= 11 is 0. The van der Waals surface area contributed by atoms with E-state index < -0.39 is 0 Å². The smallest absolute Gasteiger partial charge is 0.337 e. The lowest BCUT2D eigenvalue weighted by molar-refractivity contribution is 0.0600. The van der Waals surface area contributed by atoms with Crippen LogP contribution >= 0.6 is 0 Å². The molecule has 0 fully saturated rings. The summed E-state index contributed by atoms with van der Waals surface area (Å²) < 4.78 is 4.66. The van der Waals surface area contributed by atoms with Gasteiger partial charge < -0.3 is 10.1 Å². The Kier molecular flexibility index (Phi) is 4.56. The molecule has 1 aromatic carbocycles. The zero-order chi connectivity index (χ0) is 12.0. The van der Waals surface area contributed by atoms with Gasteiger partial charge in [-0.2, -0.15) is 0 Å². The minimum absolute atomic E-state index is 0.336. The fourth-order valence-corrected chi connectivity index (χ4v) is 1.23. The molecule has 1 N–H and O–H groups in total. The number of carbonyl (C=O) groups excluding carboxylic acids is 1.